The van der Waals surface area contributed by atoms with Crippen LogP contribution in [-0.2, 0) is 0 Å². The fourth-order valence-electron chi connectivity index (χ4n) is 2.14. The quantitative estimate of drug-likeness (QED) is 0.797. The third-order valence-electron chi connectivity index (χ3n) is 3.17. The molecule has 1 aromatic rings. The molecule has 0 aliphatic heterocycles. The number of nitrogens with zero attached hydrogens (tertiary/aromatic N) is 1. The molecule has 1 aromatic heterocycles. The number of ether oxygens (including phenoxy) is 1. The molecule has 0 fully saturated rings. The van der Waals surface area contributed by atoms with Crippen molar-refractivity contribution in [1.29, 1.82) is 0 Å². The predicted octanol–water partition coefficient (Wildman–Crippen LogP) is 3.46. The summed E-state index contributed by atoms with van der Waals surface area (Å²) >= 11 is 1.37. The van der Waals surface area contributed by atoms with E-state index in [-0.39, 0.29) is 0 Å². The molecule has 0 radical (unpaired) electrons. The lowest BCUT2D eigenvalue weighted by Crippen LogP contribution is -2.24. The SMILES string of the molecule is CCOc1c(N)nsc1NCC(C(C)C)C(C)C. The summed E-state index contributed by atoms with van der Waals surface area (Å²) in [6, 6.07) is 0. The molecule has 0 aliphatic carbocycles. The number of anilines is 2. The van der Waals surface area contributed by atoms with Gasteiger partial charge >= 0.3 is 0 Å². The Bertz CT molecular complexity index is 355. The lowest BCUT2D eigenvalue weighted by Gasteiger charge is -2.25. The van der Waals surface area contributed by atoms with Gasteiger partial charge in [0, 0.05) is 6.54 Å². The molecule has 0 saturated heterocycles. The van der Waals surface area contributed by atoms with Crippen LogP contribution in [0.25, 0.3) is 0 Å². The Morgan fingerprint density at radius 1 is 1.28 bits per heavy atom. The van der Waals surface area contributed by atoms with Gasteiger partial charge in [0.25, 0.3) is 0 Å². The Labute approximate surface area is 114 Å². The monoisotopic (exact) mass is 271 g/mol. The van der Waals surface area contributed by atoms with E-state index in [0.717, 1.165) is 11.5 Å². The van der Waals surface area contributed by atoms with E-state index in [1.165, 1.54) is 11.5 Å². The van der Waals surface area contributed by atoms with Gasteiger partial charge in [-0.2, -0.15) is 4.37 Å². The third kappa shape index (κ3) is 3.77. The Balaban J connectivity index is 2.67. The maximum Gasteiger partial charge on any atom is 0.197 e. The zero-order valence-electron chi connectivity index (χ0n) is 12.0. The number of hydrogen-bond acceptors (Lipinski definition) is 5. The second kappa shape index (κ2) is 6.83. The van der Waals surface area contributed by atoms with Crippen molar-refractivity contribution >= 4 is 22.4 Å². The van der Waals surface area contributed by atoms with E-state index >= 15 is 0 Å². The first-order valence-corrected chi connectivity index (χ1v) is 7.36. The standard InChI is InChI=1S/C13H25N3OS/c1-6-17-11-12(14)16-18-13(11)15-7-10(8(2)3)9(4)5/h8-10,15H,6-7H2,1-5H3,(H2,14,16). The molecular formula is C13H25N3OS. The van der Waals surface area contributed by atoms with Crippen LogP contribution < -0.4 is 15.8 Å². The molecule has 1 rings (SSSR count). The molecule has 0 atom stereocenters. The first-order valence-electron chi connectivity index (χ1n) is 6.59. The summed E-state index contributed by atoms with van der Waals surface area (Å²) in [5.74, 6) is 3.11. The van der Waals surface area contributed by atoms with Gasteiger partial charge < -0.3 is 15.8 Å². The fourth-order valence-corrected chi connectivity index (χ4v) is 2.81. The van der Waals surface area contributed by atoms with Crippen molar-refractivity contribution in [2.24, 2.45) is 17.8 Å². The molecule has 1 heterocycles. The highest BCUT2D eigenvalue weighted by Crippen LogP contribution is 2.35. The normalized spacial score (nSPS) is 11.6. The molecule has 3 N–H and O–H groups in total. The number of nitrogen functional groups attached to an aromatic ring is 1. The van der Waals surface area contributed by atoms with Gasteiger partial charge in [0.1, 0.15) is 0 Å². The highest BCUT2D eigenvalue weighted by Gasteiger charge is 2.19. The van der Waals surface area contributed by atoms with E-state index in [2.05, 4.69) is 37.4 Å². The van der Waals surface area contributed by atoms with E-state index in [9.17, 15) is 0 Å². The first-order chi connectivity index (χ1) is 8.47. The second-order valence-corrected chi connectivity index (χ2v) is 5.97. The van der Waals surface area contributed by atoms with Crippen LogP contribution in [0.5, 0.6) is 5.75 Å². The van der Waals surface area contributed by atoms with Crippen molar-refractivity contribution in [3.8, 4) is 5.75 Å². The molecule has 104 valence electrons. The first kappa shape index (κ1) is 15.1. The largest absolute Gasteiger partial charge is 0.487 e. The van der Waals surface area contributed by atoms with Gasteiger partial charge in [-0.1, -0.05) is 27.7 Å². The number of aromatic nitrogens is 1. The predicted molar refractivity (Wildman–Crippen MR) is 79.4 cm³/mol. The summed E-state index contributed by atoms with van der Waals surface area (Å²) in [7, 11) is 0. The summed E-state index contributed by atoms with van der Waals surface area (Å²) in [4.78, 5) is 0. The van der Waals surface area contributed by atoms with E-state index in [1.807, 2.05) is 6.92 Å². The van der Waals surface area contributed by atoms with Crippen LogP contribution in [0.4, 0.5) is 10.8 Å². The van der Waals surface area contributed by atoms with Crippen LogP contribution in [0, 0.1) is 17.8 Å². The number of hydrogen-bond donors (Lipinski definition) is 2. The average Bonchev–Trinajstić information content (AvgIpc) is 2.61. The van der Waals surface area contributed by atoms with Gasteiger partial charge in [-0.3, -0.25) is 0 Å². The van der Waals surface area contributed by atoms with Crippen molar-refractivity contribution in [2.75, 3.05) is 24.2 Å². The van der Waals surface area contributed by atoms with Crippen molar-refractivity contribution in [3.05, 3.63) is 0 Å². The van der Waals surface area contributed by atoms with Gasteiger partial charge in [0.2, 0.25) is 0 Å². The van der Waals surface area contributed by atoms with Crippen LogP contribution >= 0.6 is 11.5 Å². The highest BCUT2D eigenvalue weighted by atomic mass is 32.1. The van der Waals surface area contributed by atoms with Crippen LogP contribution in [0.15, 0.2) is 0 Å². The van der Waals surface area contributed by atoms with Crippen molar-refractivity contribution in [3.63, 3.8) is 0 Å². The molecule has 0 aliphatic rings. The summed E-state index contributed by atoms with van der Waals surface area (Å²) in [5, 5.41) is 4.38. The molecule has 18 heavy (non-hydrogen) atoms. The van der Waals surface area contributed by atoms with Gasteiger partial charge in [0.05, 0.1) is 6.61 Å². The summed E-state index contributed by atoms with van der Waals surface area (Å²) < 4.78 is 9.66. The van der Waals surface area contributed by atoms with E-state index in [1.54, 1.807) is 0 Å². The Morgan fingerprint density at radius 2 is 1.89 bits per heavy atom. The van der Waals surface area contributed by atoms with E-state index in [0.29, 0.717) is 35.9 Å². The smallest absolute Gasteiger partial charge is 0.197 e. The molecule has 0 saturated carbocycles. The minimum atomic E-state index is 0.481. The van der Waals surface area contributed by atoms with E-state index < -0.39 is 0 Å². The molecule has 4 nitrogen and oxygen atoms in total. The lowest BCUT2D eigenvalue weighted by atomic mass is 9.85. The van der Waals surface area contributed by atoms with Crippen molar-refractivity contribution in [2.45, 2.75) is 34.6 Å². The molecule has 0 bridgehead atoms. The van der Waals surface area contributed by atoms with Gasteiger partial charge in [-0.25, -0.2) is 0 Å². The zero-order valence-corrected chi connectivity index (χ0v) is 12.8. The third-order valence-corrected chi connectivity index (χ3v) is 3.97. The molecule has 0 spiro atoms. The summed E-state index contributed by atoms with van der Waals surface area (Å²) in [5.41, 5.74) is 5.79. The van der Waals surface area contributed by atoms with Crippen LogP contribution in [-0.4, -0.2) is 17.5 Å². The van der Waals surface area contributed by atoms with Crippen molar-refractivity contribution in [1.82, 2.24) is 4.37 Å². The van der Waals surface area contributed by atoms with E-state index in [4.69, 9.17) is 10.5 Å². The van der Waals surface area contributed by atoms with Crippen LogP contribution in [0.2, 0.25) is 0 Å². The highest BCUT2D eigenvalue weighted by molar-refractivity contribution is 7.11. The van der Waals surface area contributed by atoms with Gasteiger partial charge in [-0.05, 0) is 36.2 Å². The molecule has 0 unspecified atom stereocenters. The van der Waals surface area contributed by atoms with Gasteiger partial charge in [-0.15, -0.1) is 0 Å². The topological polar surface area (TPSA) is 60.2 Å². The molecule has 5 heteroatoms. The maximum atomic E-state index is 5.79. The Hall–Kier alpha value is -0.970. The zero-order chi connectivity index (χ0) is 13.7. The Kier molecular flexibility index (Phi) is 5.72. The average molecular weight is 271 g/mol. The lowest BCUT2D eigenvalue weighted by molar-refractivity contribution is 0.303. The molecule has 0 amide bonds. The maximum absolute atomic E-state index is 5.79. The van der Waals surface area contributed by atoms with Crippen LogP contribution in [0.1, 0.15) is 34.6 Å². The number of nitrogens with two attached hydrogens (primary N) is 1. The Morgan fingerprint density at radius 3 is 2.39 bits per heavy atom. The summed E-state index contributed by atoms with van der Waals surface area (Å²) in [6.07, 6.45) is 0. The second-order valence-electron chi connectivity index (χ2n) is 5.19. The minimum absolute atomic E-state index is 0.481. The molecule has 0 aromatic carbocycles. The van der Waals surface area contributed by atoms with Crippen molar-refractivity contribution < 1.29 is 4.74 Å². The van der Waals surface area contributed by atoms with Crippen LogP contribution in [0.3, 0.4) is 0 Å². The number of rotatable bonds is 7. The summed E-state index contributed by atoms with van der Waals surface area (Å²) in [6.45, 7) is 12.5. The fraction of sp³-hybridized carbons (Fsp3) is 0.769. The minimum Gasteiger partial charge on any atom is -0.487 e. The van der Waals surface area contributed by atoms with Gasteiger partial charge in [0.15, 0.2) is 16.6 Å². The number of nitrogens with one attached hydrogen (secondary N) is 1. The molecular weight excluding hydrogens is 246 g/mol.